The zero-order chi connectivity index (χ0) is 15.8. The Hall–Kier alpha value is -2.44. The maximum Gasteiger partial charge on any atom is 0.254 e. The lowest BCUT2D eigenvalue weighted by Crippen LogP contribution is -2.29. The van der Waals surface area contributed by atoms with Crippen LogP contribution in [0.5, 0.6) is 0 Å². The van der Waals surface area contributed by atoms with E-state index in [9.17, 15) is 4.79 Å². The molecule has 7 heteroatoms. The SMILES string of the molecule is CCCCn1cc(C(=O)NCCNc2cccnn2)c(C)n1. The number of hydrogen-bond acceptors (Lipinski definition) is 5. The Morgan fingerprint density at radius 1 is 1.36 bits per heavy atom. The summed E-state index contributed by atoms with van der Waals surface area (Å²) in [4.78, 5) is 12.1. The van der Waals surface area contributed by atoms with Gasteiger partial charge in [-0.3, -0.25) is 9.48 Å². The van der Waals surface area contributed by atoms with Crippen molar-refractivity contribution in [2.45, 2.75) is 33.2 Å². The van der Waals surface area contributed by atoms with Crippen molar-refractivity contribution < 1.29 is 4.79 Å². The summed E-state index contributed by atoms with van der Waals surface area (Å²) in [7, 11) is 0. The minimum atomic E-state index is -0.0961. The number of nitrogens with zero attached hydrogens (tertiary/aromatic N) is 4. The van der Waals surface area contributed by atoms with Gasteiger partial charge in [0, 0.05) is 32.0 Å². The molecule has 22 heavy (non-hydrogen) atoms. The molecular weight excluding hydrogens is 280 g/mol. The van der Waals surface area contributed by atoms with E-state index >= 15 is 0 Å². The van der Waals surface area contributed by atoms with Crippen LogP contribution in [0.2, 0.25) is 0 Å². The van der Waals surface area contributed by atoms with Crippen LogP contribution in [-0.4, -0.2) is 39.0 Å². The first-order chi connectivity index (χ1) is 10.7. The van der Waals surface area contributed by atoms with Gasteiger partial charge in [-0.25, -0.2) is 0 Å². The molecule has 0 unspecified atom stereocenters. The van der Waals surface area contributed by atoms with E-state index in [2.05, 4.69) is 32.9 Å². The van der Waals surface area contributed by atoms with Crippen LogP contribution in [0.1, 0.15) is 35.8 Å². The number of rotatable bonds is 8. The van der Waals surface area contributed by atoms with E-state index in [4.69, 9.17) is 0 Å². The van der Waals surface area contributed by atoms with Gasteiger partial charge >= 0.3 is 0 Å². The van der Waals surface area contributed by atoms with Crippen molar-refractivity contribution in [1.29, 1.82) is 0 Å². The molecule has 118 valence electrons. The van der Waals surface area contributed by atoms with Gasteiger partial charge in [-0.05, 0) is 25.5 Å². The monoisotopic (exact) mass is 302 g/mol. The number of aryl methyl sites for hydroxylation is 2. The molecule has 0 aromatic carbocycles. The fourth-order valence-corrected chi connectivity index (χ4v) is 2.03. The minimum Gasteiger partial charge on any atom is -0.367 e. The second-order valence-corrected chi connectivity index (χ2v) is 5.04. The Balaban J connectivity index is 1.78. The quantitative estimate of drug-likeness (QED) is 0.724. The van der Waals surface area contributed by atoms with Gasteiger partial charge in [0.25, 0.3) is 5.91 Å². The Morgan fingerprint density at radius 3 is 2.95 bits per heavy atom. The first-order valence-electron chi connectivity index (χ1n) is 7.54. The van der Waals surface area contributed by atoms with E-state index < -0.39 is 0 Å². The summed E-state index contributed by atoms with van der Waals surface area (Å²) in [6.07, 6.45) is 5.60. The van der Waals surface area contributed by atoms with Gasteiger partial charge in [0.1, 0.15) is 5.82 Å². The molecule has 0 saturated heterocycles. The molecule has 7 nitrogen and oxygen atoms in total. The van der Waals surface area contributed by atoms with Crippen molar-refractivity contribution in [3.05, 3.63) is 35.8 Å². The molecule has 2 rings (SSSR count). The third-order valence-corrected chi connectivity index (χ3v) is 3.22. The molecule has 0 bridgehead atoms. The summed E-state index contributed by atoms with van der Waals surface area (Å²) < 4.78 is 1.84. The highest BCUT2D eigenvalue weighted by atomic mass is 16.1. The number of aromatic nitrogens is 4. The molecule has 0 aliphatic heterocycles. The summed E-state index contributed by atoms with van der Waals surface area (Å²) in [5, 5.41) is 18.0. The van der Waals surface area contributed by atoms with Gasteiger partial charge in [0.05, 0.1) is 11.3 Å². The van der Waals surface area contributed by atoms with Gasteiger partial charge in [0.15, 0.2) is 0 Å². The van der Waals surface area contributed by atoms with Crippen LogP contribution in [-0.2, 0) is 6.54 Å². The molecule has 0 aliphatic carbocycles. The maximum absolute atomic E-state index is 12.1. The first kappa shape index (κ1) is 15.9. The van der Waals surface area contributed by atoms with Gasteiger partial charge in [-0.1, -0.05) is 13.3 Å². The van der Waals surface area contributed by atoms with Crippen LogP contribution >= 0.6 is 0 Å². The van der Waals surface area contributed by atoms with Gasteiger partial charge in [0.2, 0.25) is 0 Å². The number of carbonyl (C=O) groups is 1. The van der Waals surface area contributed by atoms with Crippen molar-refractivity contribution in [3.63, 3.8) is 0 Å². The second kappa shape index (κ2) is 8.11. The van der Waals surface area contributed by atoms with Gasteiger partial charge in [-0.15, -0.1) is 5.10 Å². The van der Waals surface area contributed by atoms with Crippen LogP contribution < -0.4 is 10.6 Å². The number of carbonyl (C=O) groups excluding carboxylic acids is 1. The lowest BCUT2D eigenvalue weighted by atomic mass is 10.2. The topological polar surface area (TPSA) is 84.7 Å². The van der Waals surface area contributed by atoms with E-state index in [-0.39, 0.29) is 5.91 Å². The molecule has 0 radical (unpaired) electrons. The standard InChI is InChI=1S/C15H22N6O/c1-3-4-10-21-11-13(12(2)20-21)15(22)17-9-8-16-14-6-5-7-18-19-14/h5-7,11H,3-4,8-10H2,1-2H3,(H,16,19)(H,17,22). The molecule has 0 atom stereocenters. The highest BCUT2D eigenvalue weighted by Gasteiger charge is 2.12. The van der Waals surface area contributed by atoms with Gasteiger partial charge in [-0.2, -0.15) is 10.2 Å². The normalized spacial score (nSPS) is 10.5. The van der Waals surface area contributed by atoms with Crippen LogP contribution in [0, 0.1) is 6.92 Å². The highest BCUT2D eigenvalue weighted by Crippen LogP contribution is 2.06. The average molecular weight is 302 g/mol. The predicted molar refractivity (Wildman–Crippen MR) is 84.7 cm³/mol. The molecule has 2 aromatic rings. The molecule has 0 aliphatic rings. The smallest absolute Gasteiger partial charge is 0.254 e. The molecule has 1 amide bonds. The molecular formula is C15H22N6O. The van der Waals surface area contributed by atoms with Crippen molar-refractivity contribution in [3.8, 4) is 0 Å². The predicted octanol–water partition coefficient (Wildman–Crippen LogP) is 1.62. The largest absolute Gasteiger partial charge is 0.367 e. The Morgan fingerprint density at radius 2 is 2.23 bits per heavy atom. The van der Waals surface area contributed by atoms with E-state index in [0.29, 0.717) is 24.5 Å². The maximum atomic E-state index is 12.1. The number of nitrogens with one attached hydrogen (secondary N) is 2. The van der Waals surface area contributed by atoms with Crippen LogP contribution in [0.25, 0.3) is 0 Å². The third-order valence-electron chi connectivity index (χ3n) is 3.22. The Kier molecular flexibility index (Phi) is 5.88. The summed E-state index contributed by atoms with van der Waals surface area (Å²) in [6, 6.07) is 3.64. The first-order valence-corrected chi connectivity index (χ1v) is 7.54. The van der Waals surface area contributed by atoms with Crippen molar-refractivity contribution in [1.82, 2.24) is 25.3 Å². The summed E-state index contributed by atoms with van der Waals surface area (Å²) >= 11 is 0. The fourth-order valence-electron chi connectivity index (χ4n) is 2.03. The summed E-state index contributed by atoms with van der Waals surface area (Å²) in [6.45, 7) is 5.94. The van der Waals surface area contributed by atoms with E-state index in [1.54, 1.807) is 6.20 Å². The third kappa shape index (κ3) is 4.54. The van der Waals surface area contributed by atoms with E-state index in [1.807, 2.05) is 29.9 Å². The fraction of sp³-hybridized carbons (Fsp3) is 0.467. The molecule has 2 heterocycles. The zero-order valence-electron chi connectivity index (χ0n) is 13.0. The molecule has 0 saturated carbocycles. The highest BCUT2D eigenvalue weighted by molar-refractivity contribution is 5.95. The average Bonchev–Trinajstić information content (AvgIpc) is 2.91. The van der Waals surface area contributed by atoms with Crippen molar-refractivity contribution >= 4 is 11.7 Å². The molecule has 0 spiro atoms. The van der Waals surface area contributed by atoms with Crippen LogP contribution in [0.15, 0.2) is 24.5 Å². The number of amides is 1. The van der Waals surface area contributed by atoms with E-state index in [0.717, 1.165) is 25.1 Å². The van der Waals surface area contributed by atoms with Crippen LogP contribution in [0.3, 0.4) is 0 Å². The Labute approximate surface area is 130 Å². The van der Waals surface area contributed by atoms with E-state index in [1.165, 1.54) is 0 Å². The number of hydrogen-bond donors (Lipinski definition) is 2. The molecule has 0 fully saturated rings. The number of unbranched alkanes of at least 4 members (excludes halogenated alkanes) is 1. The molecule has 2 N–H and O–H groups in total. The zero-order valence-corrected chi connectivity index (χ0v) is 13.0. The number of anilines is 1. The van der Waals surface area contributed by atoms with Crippen molar-refractivity contribution in [2.75, 3.05) is 18.4 Å². The van der Waals surface area contributed by atoms with Gasteiger partial charge < -0.3 is 10.6 Å². The van der Waals surface area contributed by atoms with Crippen LogP contribution in [0.4, 0.5) is 5.82 Å². The molecule has 2 aromatic heterocycles. The second-order valence-electron chi connectivity index (χ2n) is 5.04. The lowest BCUT2D eigenvalue weighted by molar-refractivity contribution is 0.0954. The minimum absolute atomic E-state index is 0.0961. The Bertz CT molecular complexity index is 595. The summed E-state index contributed by atoms with van der Waals surface area (Å²) in [5.74, 6) is 0.599. The lowest BCUT2D eigenvalue weighted by Gasteiger charge is -2.06. The summed E-state index contributed by atoms with van der Waals surface area (Å²) in [5.41, 5.74) is 1.39. The van der Waals surface area contributed by atoms with Crippen molar-refractivity contribution in [2.24, 2.45) is 0 Å².